The van der Waals surface area contributed by atoms with Crippen LogP contribution in [0.4, 0.5) is 0 Å². The lowest BCUT2D eigenvalue weighted by Crippen LogP contribution is -2.10. The van der Waals surface area contributed by atoms with Crippen molar-refractivity contribution in [2.75, 3.05) is 0 Å². The number of rotatable bonds is 3. The summed E-state index contributed by atoms with van der Waals surface area (Å²) >= 11 is 0. The molecule has 5 nitrogen and oxygen atoms in total. The number of allylic oxidation sites excluding steroid dienone is 3. The third kappa shape index (κ3) is 3.26. The highest BCUT2D eigenvalue weighted by Gasteiger charge is 2.26. The Kier molecular flexibility index (Phi) is 4.31. The topological polar surface area (TPSA) is 90.2 Å². The standard InChI is InChI=1S/C20H20O5/c1-11(2)3-8-14-16(22)10-18-15(19(14)24)9-17(23)20(25-18)12-4-6-13(21)7-5-12/h3-7,10,21-24H,8-9H2,1-2H3. The average molecular weight is 340 g/mol. The van der Waals surface area contributed by atoms with Crippen molar-refractivity contribution < 1.29 is 25.2 Å². The molecule has 2 aromatic carbocycles. The van der Waals surface area contributed by atoms with Gasteiger partial charge in [0.2, 0.25) is 0 Å². The second kappa shape index (κ2) is 6.43. The first-order valence-corrected chi connectivity index (χ1v) is 7.96. The first-order chi connectivity index (χ1) is 11.9. The van der Waals surface area contributed by atoms with Gasteiger partial charge < -0.3 is 25.2 Å². The van der Waals surface area contributed by atoms with Gasteiger partial charge in [-0.15, -0.1) is 0 Å². The largest absolute Gasteiger partial charge is 0.508 e. The minimum atomic E-state index is -0.0659. The Morgan fingerprint density at radius 3 is 2.40 bits per heavy atom. The number of ether oxygens (including phenoxy) is 1. The van der Waals surface area contributed by atoms with Gasteiger partial charge in [-0.1, -0.05) is 11.6 Å². The van der Waals surface area contributed by atoms with Gasteiger partial charge in [-0.25, -0.2) is 0 Å². The van der Waals surface area contributed by atoms with E-state index in [4.69, 9.17) is 4.74 Å². The molecule has 0 spiro atoms. The van der Waals surface area contributed by atoms with Crippen molar-refractivity contribution in [2.24, 2.45) is 0 Å². The molecule has 130 valence electrons. The third-order valence-corrected chi connectivity index (χ3v) is 4.11. The lowest BCUT2D eigenvalue weighted by atomic mass is 9.97. The number of benzene rings is 2. The van der Waals surface area contributed by atoms with E-state index in [1.807, 2.05) is 19.9 Å². The monoisotopic (exact) mass is 340 g/mol. The summed E-state index contributed by atoms with van der Waals surface area (Å²) in [5.74, 6) is 0.510. The van der Waals surface area contributed by atoms with Crippen molar-refractivity contribution in [3.8, 4) is 23.0 Å². The van der Waals surface area contributed by atoms with E-state index in [1.165, 1.54) is 18.2 Å². The summed E-state index contributed by atoms with van der Waals surface area (Å²) in [7, 11) is 0. The first kappa shape index (κ1) is 16.8. The number of aromatic hydroxyl groups is 3. The van der Waals surface area contributed by atoms with Gasteiger partial charge in [-0.2, -0.15) is 0 Å². The molecule has 0 amide bonds. The third-order valence-electron chi connectivity index (χ3n) is 4.11. The van der Waals surface area contributed by atoms with E-state index in [1.54, 1.807) is 12.1 Å². The molecule has 1 aliphatic heterocycles. The molecule has 0 aromatic heterocycles. The number of aliphatic hydroxyl groups is 1. The first-order valence-electron chi connectivity index (χ1n) is 7.96. The van der Waals surface area contributed by atoms with Crippen molar-refractivity contribution in [1.82, 2.24) is 0 Å². The van der Waals surface area contributed by atoms with Crippen LogP contribution in [0.5, 0.6) is 23.0 Å². The van der Waals surface area contributed by atoms with Crippen LogP contribution >= 0.6 is 0 Å². The Morgan fingerprint density at radius 1 is 1.08 bits per heavy atom. The van der Waals surface area contributed by atoms with Gasteiger partial charge in [0.05, 0.1) is 0 Å². The molecule has 0 aliphatic carbocycles. The van der Waals surface area contributed by atoms with E-state index in [0.29, 0.717) is 28.9 Å². The maximum absolute atomic E-state index is 10.5. The van der Waals surface area contributed by atoms with Crippen LogP contribution in [0, 0.1) is 0 Å². The molecule has 1 aliphatic rings. The van der Waals surface area contributed by atoms with Gasteiger partial charge in [0.15, 0.2) is 5.76 Å². The van der Waals surface area contributed by atoms with Crippen LogP contribution in [0.2, 0.25) is 0 Å². The van der Waals surface area contributed by atoms with E-state index in [-0.39, 0.29) is 35.2 Å². The molecular formula is C20H20O5. The van der Waals surface area contributed by atoms with Gasteiger partial charge in [0.1, 0.15) is 28.8 Å². The van der Waals surface area contributed by atoms with Crippen molar-refractivity contribution in [3.63, 3.8) is 0 Å². The Balaban J connectivity index is 2.00. The van der Waals surface area contributed by atoms with Crippen LogP contribution in [-0.4, -0.2) is 20.4 Å². The normalized spacial score (nSPS) is 13.2. The van der Waals surface area contributed by atoms with Crippen molar-refractivity contribution in [1.29, 1.82) is 0 Å². The highest BCUT2D eigenvalue weighted by Crippen LogP contribution is 2.44. The van der Waals surface area contributed by atoms with Crippen LogP contribution in [0.25, 0.3) is 5.76 Å². The Morgan fingerprint density at radius 2 is 1.76 bits per heavy atom. The Bertz CT molecular complexity index is 872. The van der Waals surface area contributed by atoms with E-state index < -0.39 is 0 Å². The van der Waals surface area contributed by atoms with E-state index in [0.717, 1.165) is 5.57 Å². The molecule has 4 N–H and O–H groups in total. The summed E-state index contributed by atoms with van der Waals surface area (Å²) < 4.78 is 5.72. The minimum Gasteiger partial charge on any atom is -0.508 e. The molecule has 0 bridgehead atoms. The second-order valence-corrected chi connectivity index (χ2v) is 6.29. The molecule has 0 radical (unpaired) electrons. The quantitative estimate of drug-likeness (QED) is 0.630. The number of phenols is 3. The number of fused-ring (bicyclic) bond motifs is 1. The van der Waals surface area contributed by atoms with Crippen molar-refractivity contribution >= 4 is 5.76 Å². The van der Waals surface area contributed by atoms with E-state index in [9.17, 15) is 20.4 Å². The predicted octanol–water partition coefficient (Wildman–Crippen LogP) is 4.17. The summed E-state index contributed by atoms with van der Waals surface area (Å²) in [4.78, 5) is 0. The average Bonchev–Trinajstić information content (AvgIpc) is 2.56. The number of phenolic OH excluding ortho intramolecular Hbond substituents is 3. The van der Waals surface area contributed by atoms with Crippen LogP contribution in [0.15, 0.2) is 47.7 Å². The zero-order valence-electron chi connectivity index (χ0n) is 14.1. The van der Waals surface area contributed by atoms with Gasteiger partial charge in [0, 0.05) is 29.2 Å². The van der Waals surface area contributed by atoms with Crippen molar-refractivity contribution in [2.45, 2.75) is 26.7 Å². The molecule has 1 heterocycles. The molecule has 5 heteroatoms. The molecule has 0 atom stereocenters. The Labute approximate surface area is 145 Å². The second-order valence-electron chi connectivity index (χ2n) is 6.29. The zero-order chi connectivity index (χ0) is 18.1. The van der Waals surface area contributed by atoms with Gasteiger partial charge >= 0.3 is 0 Å². The molecule has 0 unspecified atom stereocenters. The smallest absolute Gasteiger partial charge is 0.172 e. The molecule has 25 heavy (non-hydrogen) atoms. The van der Waals surface area contributed by atoms with E-state index >= 15 is 0 Å². The van der Waals surface area contributed by atoms with Crippen LogP contribution < -0.4 is 4.74 Å². The highest BCUT2D eigenvalue weighted by atomic mass is 16.5. The SMILES string of the molecule is CC(C)=CCc1c(O)cc2c(c1O)CC(O)=C(c1ccc(O)cc1)O2. The van der Waals surface area contributed by atoms with Crippen LogP contribution in [0.1, 0.15) is 30.5 Å². The van der Waals surface area contributed by atoms with Gasteiger partial charge in [0.25, 0.3) is 0 Å². The molecule has 0 saturated carbocycles. The maximum atomic E-state index is 10.5. The molecule has 0 saturated heterocycles. The summed E-state index contributed by atoms with van der Waals surface area (Å²) in [6, 6.07) is 7.68. The minimum absolute atomic E-state index is 0.0210. The number of aliphatic hydroxyl groups excluding tert-OH is 1. The maximum Gasteiger partial charge on any atom is 0.172 e. The molecule has 0 fully saturated rings. The van der Waals surface area contributed by atoms with Gasteiger partial charge in [-0.05, 0) is 44.5 Å². The van der Waals surface area contributed by atoms with E-state index in [2.05, 4.69) is 0 Å². The summed E-state index contributed by atoms with van der Waals surface area (Å²) in [6.07, 6.45) is 2.39. The van der Waals surface area contributed by atoms with Crippen LogP contribution in [-0.2, 0) is 12.8 Å². The molecule has 3 rings (SSSR count). The van der Waals surface area contributed by atoms with Gasteiger partial charge in [-0.3, -0.25) is 0 Å². The fourth-order valence-electron chi connectivity index (χ4n) is 2.74. The summed E-state index contributed by atoms with van der Waals surface area (Å²) in [6.45, 7) is 3.88. The number of hydrogen-bond donors (Lipinski definition) is 4. The number of hydrogen-bond acceptors (Lipinski definition) is 5. The fourth-order valence-corrected chi connectivity index (χ4v) is 2.74. The fraction of sp³-hybridized carbons (Fsp3) is 0.200. The highest BCUT2D eigenvalue weighted by molar-refractivity contribution is 5.70. The lowest BCUT2D eigenvalue weighted by molar-refractivity contribution is 0.348. The van der Waals surface area contributed by atoms with Crippen LogP contribution in [0.3, 0.4) is 0 Å². The van der Waals surface area contributed by atoms with Crippen molar-refractivity contribution in [3.05, 3.63) is 64.4 Å². The predicted molar refractivity (Wildman–Crippen MR) is 94.9 cm³/mol. The lowest BCUT2D eigenvalue weighted by Gasteiger charge is -2.23. The summed E-state index contributed by atoms with van der Waals surface area (Å²) in [5.41, 5.74) is 2.51. The summed E-state index contributed by atoms with van der Waals surface area (Å²) in [5, 5.41) is 40.5. The molecular weight excluding hydrogens is 320 g/mol. The Hall–Kier alpha value is -3.08. The zero-order valence-corrected chi connectivity index (χ0v) is 14.1. The molecule has 2 aromatic rings.